The Morgan fingerprint density at radius 2 is 1.71 bits per heavy atom. The number of hydrogen-bond acceptors (Lipinski definition) is 3. The van der Waals surface area contributed by atoms with Crippen LogP contribution in [0.3, 0.4) is 0 Å². The lowest BCUT2D eigenvalue weighted by molar-refractivity contribution is -0.117. The van der Waals surface area contributed by atoms with Crippen LogP contribution in [0.2, 0.25) is 0 Å². The maximum atomic E-state index is 12.0. The highest BCUT2D eigenvalue weighted by Crippen LogP contribution is 2.20. The van der Waals surface area contributed by atoms with Gasteiger partial charge in [0.15, 0.2) is 0 Å². The van der Waals surface area contributed by atoms with Crippen molar-refractivity contribution in [1.82, 2.24) is 4.90 Å². The minimum atomic E-state index is -0.0423. The topological polar surface area (TPSA) is 61.4 Å². The van der Waals surface area contributed by atoms with Gasteiger partial charge >= 0.3 is 0 Å². The molecule has 1 aromatic rings. The average Bonchev–Trinajstić information content (AvgIpc) is 2.48. The Morgan fingerprint density at radius 1 is 1.05 bits per heavy atom. The summed E-state index contributed by atoms with van der Waals surface area (Å²) < 4.78 is 0. The monoisotopic (exact) mass is 291 g/mol. The van der Waals surface area contributed by atoms with E-state index in [1.165, 1.54) is 0 Å². The third-order valence-electron chi connectivity index (χ3n) is 3.38. The molecule has 0 aliphatic carbocycles. The molecule has 0 heterocycles. The summed E-state index contributed by atoms with van der Waals surface area (Å²) in [6, 6.07) is 5.52. The maximum Gasteiger partial charge on any atom is 0.238 e. The number of carbonyl (C=O) groups is 2. The number of anilines is 2. The summed E-state index contributed by atoms with van der Waals surface area (Å²) in [7, 11) is 0. The van der Waals surface area contributed by atoms with Gasteiger partial charge in [-0.2, -0.15) is 0 Å². The molecule has 5 nitrogen and oxygen atoms in total. The van der Waals surface area contributed by atoms with Crippen molar-refractivity contribution in [3.05, 3.63) is 23.8 Å². The summed E-state index contributed by atoms with van der Waals surface area (Å²) in [5.74, 6) is -0.0833. The number of hydrogen-bond donors (Lipinski definition) is 2. The number of benzene rings is 1. The van der Waals surface area contributed by atoms with Gasteiger partial charge in [-0.1, -0.05) is 26.8 Å². The van der Waals surface area contributed by atoms with Crippen molar-refractivity contribution < 1.29 is 9.59 Å². The van der Waals surface area contributed by atoms with Gasteiger partial charge in [-0.05, 0) is 37.7 Å². The standard InChI is InChI=1S/C16H25N3O2/c1-5-15(20)17-13-9-8-12(4)14(10-13)18-16(21)11-19(6-2)7-3/h8-10H,5-7,11H2,1-4H3,(H,17,20)(H,18,21). The fourth-order valence-corrected chi connectivity index (χ4v) is 1.92. The second kappa shape index (κ2) is 8.42. The van der Waals surface area contributed by atoms with Gasteiger partial charge in [-0.15, -0.1) is 0 Å². The largest absolute Gasteiger partial charge is 0.326 e. The van der Waals surface area contributed by atoms with E-state index in [2.05, 4.69) is 10.6 Å². The molecule has 5 heteroatoms. The number of aryl methyl sites for hydroxylation is 1. The molecule has 0 aliphatic heterocycles. The molecule has 0 saturated carbocycles. The van der Waals surface area contributed by atoms with Crippen molar-refractivity contribution in [2.24, 2.45) is 0 Å². The van der Waals surface area contributed by atoms with Gasteiger partial charge in [0.1, 0.15) is 0 Å². The molecule has 0 radical (unpaired) electrons. The van der Waals surface area contributed by atoms with Crippen LogP contribution in [-0.2, 0) is 9.59 Å². The molecule has 0 spiro atoms. The van der Waals surface area contributed by atoms with E-state index in [1.807, 2.05) is 37.8 Å². The zero-order valence-corrected chi connectivity index (χ0v) is 13.3. The van der Waals surface area contributed by atoms with Gasteiger partial charge < -0.3 is 10.6 Å². The van der Waals surface area contributed by atoms with E-state index in [4.69, 9.17) is 0 Å². The first-order valence-corrected chi connectivity index (χ1v) is 7.42. The summed E-state index contributed by atoms with van der Waals surface area (Å²) in [5.41, 5.74) is 2.41. The molecule has 0 aliphatic rings. The van der Waals surface area contributed by atoms with Crippen molar-refractivity contribution in [2.75, 3.05) is 30.3 Å². The lowest BCUT2D eigenvalue weighted by Gasteiger charge is -2.18. The van der Waals surface area contributed by atoms with Crippen LogP contribution in [0.4, 0.5) is 11.4 Å². The summed E-state index contributed by atoms with van der Waals surface area (Å²) in [6.45, 7) is 9.85. The van der Waals surface area contributed by atoms with Crippen molar-refractivity contribution in [2.45, 2.75) is 34.1 Å². The first-order chi connectivity index (χ1) is 9.99. The van der Waals surface area contributed by atoms with E-state index in [0.29, 0.717) is 18.7 Å². The Balaban J connectivity index is 2.75. The Morgan fingerprint density at radius 3 is 2.29 bits per heavy atom. The Kier molecular flexibility index (Phi) is 6.88. The van der Waals surface area contributed by atoms with Crippen LogP contribution in [0, 0.1) is 6.92 Å². The van der Waals surface area contributed by atoms with Gasteiger partial charge in [-0.3, -0.25) is 14.5 Å². The molecular weight excluding hydrogens is 266 g/mol. The first kappa shape index (κ1) is 17.2. The number of nitrogens with one attached hydrogen (secondary N) is 2. The molecule has 1 aromatic carbocycles. The molecule has 0 atom stereocenters. The maximum absolute atomic E-state index is 12.0. The van der Waals surface area contributed by atoms with Gasteiger partial charge in [0, 0.05) is 17.8 Å². The van der Waals surface area contributed by atoms with Gasteiger partial charge in [0.25, 0.3) is 0 Å². The van der Waals surface area contributed by atoms with Crippen molar-refractivity contribution >= 4 is 23.2 Å². The Labute approximate surface area is 126 Å². The highest BCUT2D eigenvalue weighted by molar-refractivity contribution is 5.95. The van der Waals surface area contributed by atoms with Crippen molar-refractivity contribution in [3.63, 3.8) is 0 Å². The van der Waals surface area contributed by atoms with E-state index < -0.39 is 0 Å². The summed E-state index contributed by atoms with van der Waals surface area (Å²) in [5, 5.41) is 5.70. The van der Waals surface area contributed by atoms with Crippen LogP contribution in [0.15, 0.2) is 18.2 Å². The number of rotatable bonds is 7. The zero-order valence-electron chi connectivity index (χ0n) is 13.3. The van der Waals surface area contributed by atoms with Crippen LogP contribution in [0.1, 0.15) is 32.8 Å². The van der Waals surface area contributed by atoms with Crippen molar-refractivity contribution in [1.29, 1.82) is 0 Å². The summed E-state index contributed by atoms with van der Waals surface area (Å²) >= 11 is 0. The molecule has 116 valence electrons. The SMILES string of the molecule is CCC(=O)Nc1ccc(C)c(NC(=O)CN(CC)CC)c1. The molecule has 1 rings (SSSR count). The molecule has 2 amide bonds. The average molecular weight is 291 g/mol. The summed E-state index contributed by atoms with van der Waals surface area (Å²) in [4.78, 5) is 25.5. The van der Waals surface area contributed by atoms with Crippen LogP contribution in [0.5, 0.6) is 0 Å². The molecule has 2 N–H and O–H groups in total. The molecule has 0 fully saturated rings. The first-order valence-electron chi connectivity index (χ1n) is 7.42. The fourth-order valence-electron chi connectivity index (χ4n) is 1.92. The Hall–Kier alpha value is -1.88. The fraction of sp³-hybridized carbons (Fsp3) is 0.500. The lowest BCUT2D eigenvalue weighted by Crippen LogP contribution is -2.33. The summed E-state index contributed by atoms with van der Waals surface area (Å²) in [6.07, 6.45) is 0.428. The normalized spacial score (nSPS) is 10.5. The van der Waals surface area contributed by atoms with E-state index in [-0.39, 0.29) is 11.8 Å². The van der Waals surface area contributed by atoms with Crippen LogP contribution in [-0.4, -0.2) is 36.3 Å². The second-order valence-electron chi connectivity index (χ2n) is 4.94. The molecule has 21 heavy (non-hydrogen) atoms. The van der Waals surface area contributed by atoms with Crippen LogP contribution < -0.4 is 10.6 Å². The quantitative estimate of drug-likeness (QED) is 0.812. The number of nitrogens with zero attached hydrogens (tertiary/aromatic N) is 1. The highest BCUT2D eigenvalue weighted by Gasteiger charge is 2.10. The molecule has 0 unspecified atom stereocenters. The minimum absolute atomic E-state index is 0.0410. The van der Waals surface area contributed by atoms with E-state index in [9.17, 15) is 9.59 Å². The minimum Gasteiger partial charge on any atom is -0.326 e. The van der Waals surface area contributed by atoms with Gasteiger partial charge in [0.2, 0.25) is 11.8 Å². The molecule has 0 saturated heterocycles. The van der Waals surface area contributed by atoms with E-state index >= 15 is 0 Å². The van der Waals surface area contributed by atoms with E-state index in [0.717, 1.165) is 24.3 Å². The zero-order chi connectivity index (χ0) is 15.8. The highest BCUT2D eigenvalue weighted by atomic mass is 16.2. The van der Waals surface area contributed by atoms with Crippen LogP contribution in [0.25, 0.3) is 0 Å². The van der Waals surface area contributed by atoms with Gasteiger partial charge in [0.05, 0.1) is 6.54 Å². The molecular formula is C16H25N3O2. The predicted molar refractivity (Wildman–Crippen MR) is 86.5 cm³/mol. The van der Waals surface area contributed by atoms with Crippen molar-refractivity contribution in [3.8, 4) is 0 Å². The number of likely N-dealkylation sites (N-methyl/N-ethyl adjacent to an activating group) is 1. The van der Waals surface area contributed by atoms with Crippen LogP contribution >= 0.6 is 0 Å². The third-order valence-corrected chi connectivity index (χ3v) is 3.38. The lowest BCUT2D eigenvalue weighted by atomic mass is 10.1. The van der Waals surface area contributed by atoms with Gasteiger partial charge in [-0.25, -0.2) is 0 Å². The smallest absolute Gasteiger partial charge is 0.238 e. The predicted octanol–water partition coefficient (Wildman–Crippen LogP) is 2.62. The number of amides is 2. The second-order valence-corrected chi connectivity index (χ2v) is 4.94. The molecule has 0 bridgehead atoms. The number of carbonyl (C=O) groups excluding carboxylic acids is 2. The molecule has 0 aromatic heterocycles. The Bertz CT molecular complexity index is 496. The van der Waals surface area contributed by atoms with E-state index in [1.54, 1.807) is 13.0 Å². The third kappa shape index (κ3) is 5.55.